The molecule has 0 unspecified atom stereocenters. The Morgan fingerprint density at radius 2 is 1.81 bits per heavy atom. The lowest BCUT2D eigenvalue weighted by Gasteiger charge is -2.55. The van der Waals surface area contributed by atoms with Crippen molar-refractivity contribution >= 4 is 17.0 Å². The van der Waals surface area contributed by atoms with Gasteiger partial charge in [0, 0.05) is 18.0 Å². The topological polar surface area (TPSA) is 64.2 Å². The second-order valence-electron chi connectivity index (χ2n) is 9.02. The molecule has 6 rings (SSSR count). The van der Waals surface area contributed by atoms with E-state index in [4.69, 9.17) is 4.42 Å². The Hall–Kier alpha value is -2.04. The standard InChI is InChI=1S/C21H26N2O3/c1-13(12-23-17-4-2-3-5-18(17)26-20(23)25)22-19(24)21-9-14-6-15(10-21)8-16(7-14)11-21/h2-5,13-16H,6-12H2,1H3,(H,22,24)/t13-,14?,15?,16?,21?/m0/s1. The van der Waals surface area contributed by atoms with Crippen molar-refractivity contribution in [2.75, 3.05) is 0 Å². The molecule has 26 heavy (non-hydrogen) atoms. The summed E-state index contributed by atoms with van der Waals surface area (Å²) in [6.45, 7) is 2.42. The number of para-hydroxylation sites is 2. The molecule has 138 valence electrons. The minimum absolute atomic E-state index is 0.103. The summed E-state index contributed by atoms with van der Waals surface area (Å²) in [7, 11) is 0. The van der Waals surface area contributed by atoms with Crippen LogP contribution in [0.1, 0.15) is 45.4 Å². The normalized spacial score (nSPS) is 33.5. The first kappa shape index (κ1) is 16.2. The van der Waals surface area contributed by atoms with E-state index >= 15 is 0 Å². The molecule has 5 heteroatoms. The Bertz CT molecular complexity index is 874. The molecule has 0 radical (unpaired) electrons. The maximum Gasteiger partial charge on any atom is 0.420 e. The molecule has 1 N–H and O–H groups in total. The van der Waals surface area contributed by atoms with Crippen LogP contribution < -0.4 is 11.1 Å². The third-order valence-corrected chi connectivity index (χ3v) is 6.93. The molecule has 4 fully saturated rings. The van der Waals surface area contributed by atoms with Gasteiger partial charge in [0.2, 0.25) is 5.91 Å². The first-order chi connectivity index (χ1) is 12.5. The molecule has 4 bridgehead atoms. The summed E-state index contributed by atoms with van der Waals surface area (Å²) >= 11 is 0. The number of fused-ring (bicyclic) bond motifs is 1. The van der Waals surface area contributed by atoms with E-state index in [0.29, 0.717) is 12.1 Å². The van der Waals surface area contributed by atoms with Gasteiger partial charge in [0.25, 0.3) is 0 Å². The molecule has 1 aromatic carbocycles. The molecular weight excluding hydrogens is 328 g/mol. The summed E-state index contributed by atoms with van der Waals surface area (Å²) < 4.78 is 6.92. The number of benzene rings is 1. The zero-order chi connectivity index (χ0) is 17.9. The van der Waals surface area contributed by atoms with Gasteiger partial charge in [0.05, 0.1) is 5.52 Å². The maximum absolute atomic E-state index is 13.2. The van der Waals surface area contributed by atoms with Crippen molar-refractivity contribution in [1.82, 2.24) is 9.88 Å². The molecule has 4 saturated carbocycles. The number of amides is 1. The Kier molecular flexibility index (Phi) is 3.56. The van der Waals surface area contributed by atoms with Gasteiger partial charge in [-0.15, -0.1) is 0 Å². The van der Waals surface area contributed by atoms with Gasteiger partial charge in [-0.05, 0) is 75.3 Å². The van der Waals surface area contributed by atoms with Crippen molar-refractivity contribution in [3.05, 3.63) is 34.8 Å². The highest BCUT2D eigenvalue weighted by Gasteiger charge is 2.54. The molecule has 1 amide bonds. The highest BCUT2D eigenvalue weighted by atomic mass is 16.4. The van der Waals surface area contributed by atoms with Crippen molar-refractivity contribution in [2.45, 2.75) is 58.0 Å². The zero-order valence-corrected chi connectivity index (χ0v) is 15.2. The maximum atomic E-state index is 13.2. The van der Waals surface area contributed by atoms with Crippen LogP contribution in [0.3, 0.4) is 0 Å². The van der Waals surface area contributed by atoms with E-state index in [2.05, 4.69) is 5.32 Å². The highest BCUT2D eigenvalue weighted by Crippen LogP contribution is 2.60. The monoisotopic (exact) mass is 354 g/mol. The van der Waals surface area contributed by atoms with Crippen molar-refractivity contribution in [1.29, 1.82) is 0 Å². The fourth-order valence-corrected chi connectivity index (χ4v) is 6.27. The van der Waals surface area contributed by atoms with Gasteiger partial charge in [-0.25, -0.2) is 4.79 Å². The fraction of sp³-hybridized carbons (Fsp3) is 0.619. The number of aromatic nitrogens is 1. The van der Waals surface area contributed by atoms with Gasteiger partial charge in [0.15, 0.2) is 5.58 Å². The van der Waals surface area contributed by atoms with Gasteiger partial charge in [-0.2, -0.15) is 0 Å². The molecule has 1 aromatic heterocycles. The first-order valence-corrected chi connectivity index (χ1v) is 9.92. The minimum atomic E-state index is -0.359. The predicted octanol–water partition coefficient (Wildman–Crippen LogP) is 3.32. The van der Waals surface area contributed by atoms with E-state index < -0.39 is 0 Å². The third kappa shape index (κ3) is 2.51. The number of oxazole rings is 1. The molecule has 2 aromatic rings. The van der Waals surface area contributed by atoms with Crippen LogP contribution >= 0.6 is 0 Å². The summed E-state index contributed by atoms with van der Waals surface area (Å²) in [5.41, 5.74) is 1.23. The number of carbonyl (C=O) groups is 1. The molecule has 5 nitrogen and oxygen atoms in total. The van der Waals surface area contributed by atoms with Crippen LogP contribution in [0.15, 0.2) is 33.5 Å². The fourth-order valence-electron chi connectivity index (χ4n) is 6.27. The van der Waals surface area contributed by atoms with Gasteiger partial charge in [0.1, 0.15) is 0 Å². The number of nitrogens with zero attached hydrogens (tertiary/aromatic N) is 1. The molecular formula is C21H26N2O3. The van der Waals surface area contributed by atoms with Crippen LogP contribution in [0.25, 0.3) is 11.1 Å². The summed E-state index contributed by atoms with van der Waals surface area (Å²) in [5, 5.41) is 3.23. The first-order valence-electron chi connectivity index (χ1n) is 9.92. The number of hydrogen-bond donors (Lipinski definition) is 1. The molecule has 4 aliphatic rings. The van der Waals surface area contributed by atoms with E-state index in [9.17, 15) is 9.59 Å². The van der Waals surface area contributed by atoms with Crippen LogP contribution in [0.5, 0.6) is 0 Å². The van der Waals surface area contributed by atoms with Crippen molar-refractivity contribution in [3.63, 3.8) is 0 Å². The second kappa shape index (κ2) is 5.73. The van der Waals surface area contributed by atoms with Crippen molar-refractivity contribution in [3.8, 4) is 0 Å². The van der Waals surface area contributed by atoms with Crippen molar-refractivity contribution in [2.24, 2.45) is 23.2 Å². The molecule has 1 atom stereocenters. The SMILES string of the molecule is C[C@@H](Cn1c(=O)oc2ccccc21)NC(=O)C12CC3CC(CC(C3)C1)C2. The molecule has 0 aliphatic heterocycles. The van der Waals surface area contributed by atoms with Crippen molar-refractivity contribution < 1.29 is 9.21 Å². The number of carbonyl (C=O) groups excluding carboxylic acids is 1. The molecule has 4 aliphatic carbocycles. The smallest absolute Gasteiger partial charge is 0.408 e. The quantitative estimate of drug-likeness (QED) is 0.916. The van der Waals surface area contributed by atoms with Crippen LogP contribution in [0.4, 0.5) is 0 Å². The second-order valence-corrected chi connectivity index (χ2v) is 9.02. The Balaban J connectivity index is 1.32. The van der Waals surface area contributed by atoms with Gasteiger partial charge in [-0.3, -0.25) is 9.36 Å². The van der Waals surface area contributed by atoms with E-state index in [1.807, 2.05) is 25.1 Å². The summed E-state index contributed by atoms with van der Waals surface area (Å²) in [6, 6.07) is 7.33. The minimum Gasteiger partial charge on any atom is -0.408 e. The lowest BCUT2D eigenvalue weighted by Crippen LogP contribution is -2.55. The largest absolute Gasteiger partial charge is 0.420 e. The molecule has 0 saturated heterocycles. The van der Waals surface area contributed by atoms with E-state index in [-0.39, 0.29) is 23.1 Å². The molecule has 1 heterocycles. The summed E-state index contributed by atoms with van der Waals surface area (Å²) in [4.78, 5) is 25.3. The average Bonchev–Trinajstić information content (AvgIpc) is 2.89. The van der Waals surface area contributed by atoms with Crippen LogP contribution in [-0.2, 0) is 11.3 Å². The van der Waals surface area contributed by atoms with Crippen LogP contribution in [-0.4, -0.2) is 16.5 Å². The summed E-state index contributed by atoms with van der Waals surface area (Å²) in [5.74, 6) is 2.11. The van der Waals surface area contributed by atoms with E-state index in [0.717, 1.165) is 42.5 Å². The molecule has 0 spiro atoms. The zero-order valence-electron chi connectivity index (χ0n) is 15.2. The number of rotatable bonds is 4. The van der Waals surface area contributed by atoms with Gasteiger partial charge in [-0.1, -0.05) is 12.1 Å². The van der Waals surface area contributed by atoms with Crippen LogP contribution in [0, 0.1) is 23.2 Å². The van der Waals surface area contributed by atoms with Gasteiger partial charge >= 0.3 is 5.76 Å². The number of hydrogen-bond acceptors (Lipinski definition) is 3. The van der Waals surface area contributed by atoms with E-state index in [1.54, 1.807) is 10.6 Å². The highest BCUT2D eigenvalue weighted by molar-refractivity contribution is 5.83. The predicted molar refractivity (Wildman–Crippen MR) is 98.7 cm³/mol. The Labute approximate surface area is 152 Å². The lowest BCUT2D eigenvalue weighted by molar-refractivity contribution is -0.147. The lowest BCUT2D eigenvalue weighted by atomic mass is 9.49. The van der Waals surface area contributed by atoms with E-state index in [1.165, 1.54) is 19.3 Å². The summed E-state index contributed by atoms with van der Waals surface area (Å²) in [6.07, 6.45) is 7.18. The Morgan fingerprint density at radius 1 is 1.19 bits per heavy atom. The van der Waals surface area contributed by atoms with Crippen LogP contribution in [0.2, 0.25) is 0 Å². The average molecular weight is 354 g/mol. The number of nitrogens with one attached hydrogen (secondary N) is 1. The Morgan fingerprint density at radius 3 is 2.46 bits per heavy atom. The van der Waals surface area contributed by atoms with Gasteiger partial charge < -0.3 is 9.73 Å². The third-order valence-electron chi connectivity index (χ3n) is 6.93.